The minimum Gasteiger partial charge on any atom is -0.487 e. The molecule has 0 spiro atoms. The van der Waals surface area contributed by atoms with E-state index in [1.807, 2.05) is 36.4 Å². The largest absolute Gasteiger partial charge is 0.487 e. The van der Waals surface area contributed by atoms with E-state index in [2.05, 4.69) is 13.8 Å². The van der Waals surface area contributed by atoms with Gasteiger partial charge in [0, 0.05) is 47.5 Å². The van der Waals surface area contributed by atoms with Crippen molar-refractivity contribution >= 4 is 68.2 Å². The van der Waals surface area contributed by atoms with Gasteiger partial charge in [0.15, 0.2) is 34.5 Å². The Hall–Kier alpha value is -8.28. The average Bonchev–Trinajstić information content (AvgIpc) is 3.81. The smallest absolute Gasteiger partial charge is 0.239 e. The first-order valence-electron chi connectivity index (χ1n) is 24.2. The molecule has 6 aliphatic rings. The van der Waals surface area contributed by atoms with Crippen LogP contribution in [0.1, 0.15) is 79.8 Å². The maximum absolute atomic E-state index is 5.96. The van der Waals surface area contributed by atoms with Crippen LogP contribution in [0.4, 0.5) is 68.2 Å². The number of nitrogen functional groups attached to an aromatic ring is 12. The van der Waals surface area contributed by atoms with Crippen LogP contribution in [-0.4, -0.2) is 32.7 Å². The van der Waals surface area contributed by atoms with Crippen LogP contribution in [0.25, 0.3) is 0 Å². The molecule has 24 N–H and O–H groups in total. The highest BCUT2D eigenvalue weighted by Gasteiger charge is 2.33. The Labute approximate surface area is 421 Å². The number of fused-ring (bicyclic) bond motifs is 6. The summed E-state index contributed by atoms with van der Waals surface area (Å²) < 4.78 is 32.1. The fourth-order valence-electron chi connectivity index (χ4n) is 9.30. The van der Waals surface area contributed by atoms with E-state index in [1.165, 1.54) is 46.2 Å². The SMILES string of the molecule is CC1(C)CCc2c(N)ccc(N)c21.CC1Oc2c(N)ccc(N)c2O1.Nc1ccc(N)c2c1CC2.Nc1ccc(N)c2c1CCCC2.Nc1ccc(N)c2c1OCCCO2.Nc1ccc(N)c2c1OCCO2. The Kier molecular flexibility index (Phi) is 15.9. The minimum absolute atomic E-state index is 0.203. The molecule has 6 aromatic rings. The van der Waals surface area contributed by atoms with Gasteiger partial charge in [-0.15, -0.1) is 0 Å². The van der Waals surface area contributed by atoms with Crippen molar-refractivity contribution in [3.05, 3.63) is 106 Å². The number of benzene rings is 6. The zero-order chi connectivity index (χ0) is 51.9. The predicted octanol–water partition coefficient (Wildman–Crippen LogP) is 7.36. The monoisotopic (exact) mass is 985 g/mol. The van der Waals surface area contributed by atoms with Crippen LogP contribution in [0.15, 0.2) is 72.8 Å². The van der Waals surface area contributed by atoms with Crippen molar-refractivity contribution in [3.8, 4) is 34.5 Å². The average molecular weight is 985 g/mol. The third kappa shape index (κ3) is 11.5. The number of nitrogens with two attached hydrogens (primary N) is 12. The Morgan fingerprint density at radius 2 is 0.625 bits per heavy atom. The molecule has 0 atom stereocenters. The third-order valence-corrected chi connectivity index (χ3v) is 13.2. The fourth-order valence-corrected chi connectivity index (χ4v) is 9.30. The molecule has 0 radical (unpaired) electrons. The molecular weight excluding hydrogens is 913 g/mol. The van der Waals surface area contributed by atoms with Crippen molar-refractivity contribution in [3.63, 3.8) is 0 Å². The molecule has 0 unspecified atom stereocenters. The highest BCUT2D eigenvalue weighted by atomic mass is 16.7. The first-order chi connectivity index (χ1) is 34.4. The summed E-state index contributed by atoms with van der Waals surface area (Å²) >= 11 is 0. The van der Waals surface area contributed by atoms with E-state index < -0.39 is 0 Å². The molecule has 3 aliphatic carbocycles. The van der Waals surface area contributed by atoms with E-state index in [0.29, 0.717) is 95.0 Å². The maximum Gasteiger partial charge on any atom is 0.239 e. The molecule has 6 aromatic carbocycles. The summed E-state index contributed by atoms with van der Waals surface area (Å²) in [4.78, 5) is 0. The molecule has 0 amide bonds. The summed E-state index contributed by atoms with van der Waals surface area (Å²) in [6.45, 7) is 8.56. The summed E-state index contributed by atoms with van der Waals surface area (Å²) in [6.07, 6.45) is 9.69. The number of hydrogen-bond donors (Lipinski definition) is 12. The Bertz CT molecular complexity index is 2690. The second-order valence-corrected chi connectivity index (χ2v) is 18.8. The van der Waals surface area contributed by atoms with Gasteiger partial charge in [0.2, 0.25) is 6.29 Å². The van der Waals surface area contributed by atoms with E-state index in [0.717, 1.165) is 79.1 Å². The summed E-state index contributed by atoms with van der Waals surface area (Å²) in [5.74, 6) is 3.42. The van der Waals surface area contributed by atoms with Crippen molar-refractivity contribution in [2.24, 2.45) is 0 Å². The van der Waals surface area contributed by atoms with Crippen molar-refractivity contribution in [2.75, 3.05) is 95.2 Å². The van der Waals surface area contributed by atoms with Crippen LogP contribution >= 0.6 is 0 Å². The third-order valence-electron chi connectivity index (χ3n) is 13.2. The van der Waals surface area contributed by atoms with Gasteiger partial charge >= 0.3 is 0 Å². The lowest BCUT2D eigenvalue weighted by atomic mass is 9.85. The molecule has 0 aromatic heterocycles. The normalized spacial score (nSPS) is 15.5. The molecule has 3 heterocycles. The van der Waals surface area contributed by atoms with E-state index >= 15 is 0 Å². The molecule has 12 rings (SSSR count). The van der Waals surface area contributed by atoms with Gasteiger partial charge in [-0.05, 0) is 163 Å². The highest BCUT2D eigenvalue weighted by Crippen LogP contribution is 2.46. The Morgan fingerprint density at radius 3 is 0.972 bits per heavy atom. The lowest BCUT2D eigenvalue weighted by Gasteiger charge is -2.22. The van der Waals surface area contributed by atoms with Gasteiger partial charge in [0.1, 0.15) is 13.2 Å². The minimum atomic E-state index is -0.299. The second kappa shape index (κ2) is 22.2. The summed E-state index contributed by atoms with van der Waals surface area (Å²) in [6, 6.07) is 21.7. The van der Waals surface area contributed by atoms with Crippen LogP contribution < -0.4 is 97.2 Å². The van der Waals surface area contributed by atoms with Crippen LogP contribution in [0.5, 0.6) is 34.5 Å². The lowest BCUT2D eigenvalue weighted by molar-refractivity contribution is 0.0685. The van der Waals surface area contributed by atoms with E-state index in [-0.39, 0.29) is 11.7 Å². The zero-order valence-electron chi connectivity index (χ0n) is 41.6. The molecule has 18 heteroatoms. The van der Waals surface area contributed by atoms with Crippen molar-refractivity contribution in [1.29, 1.82) is 0 Å². The summed E-state index contributed by atoms with van der Waals surface area (Å²) in [5, 5.41) is 0. The molecule has 0 saturated carbocycles. The first kappa shape index (κ1) is 51.6. The molecule has 0 fully saturated rings. The summed E-state index contributed by atoms with van der Waals surface area (Å²) in [5.41, 5.74) is 85.7. The molecule has 18 nitrogen and oxygen atoms in total. The van der Waals surface area contributed by atoms with Crippen molar-refractivity contribution < 1.29 is 28.4 Å². The van der Waals surface area contributed by atoms with Crippen molar-refractivity contribution in [2.45, 2.75) is 90.3 Å². The van der Waals surface area contributed by atoms with E-state index in [1.54, 1.807) is 43.3 Å². The Morgan fingerprint density at radius 1 is 0.333 bits per heavy atom. The van der Waals surface area contributed by atoms with Crippen molar-refractivity contribution in [1.82, 2.24) is 0 Å². The van der Waals surface area contributed by atoms with E-state index in [4.69, 9.17) is 97.2 Å². The van der Waals surface area contributed by atoms with Crippen LogP contribution in [-0.2, 0) is 37.5 Å². The number of ether oxygens (including phenoxy) is 6. The number of anilines is 12. The molecule has 384 valence electrons. The summed E-state index contributed by atoms with van der Waals surface area (Å²) in [7, 11) is 0. The quantitative estimate of drug-likeness (QED) is 0.0661. The Balaban J connectivity index is 0.000000127. The number of hydrogen-bond acceptors (Lipinski definition) is 18. The van der Waals surface area contributed by atoms with Crippen LogP contribution in [0, 0.1) is 0 Å². The first-order valence-corrected chi connectivity index (χ1v) is 24.2. The van der Waals surface area contributed by atoms with Gasteiger partial charge in [0.25, 0.3) is 0 Å². The topological polar surface area (TPSA) is 368 Å². The molecular formula is C54H72N12O6. The zero-order valence-corrected chi connectivity index (χ0v) is 41.6. The molecule has 72 heavy (non-hydrogen) atoms. The van der Waals surface area contributed by atoms with Gasteiger partial charge in [0.05, 0.1) is 47.3 Å². The van der Waals surface area contributed by atoms with E-state index in [9.17, 15) is 0 Å². The van der Waals surface area contributed by atoms with Crippen LogP contribution in [0.2, 0.25) is 0 Å². The predicted molar refractivity (Wildman–Crippen MR) is 294 cm³/mol. The lowest BCUT2D eigenvalue weighted by Crippen LogP contribution is -2.17. The highest BCUT2D eigenvalue weighted by molar-refractivity contribution is 5.74. The van der Waals surface area contributed by atoms with Gasteiger partial charge in [-0.3, -0.25) is 0 Å². The van der Waals surface area contributed by atoms with Gasteiger partial charge < -0.3 is 97.2 Å². The molecule has 3 aliphatic heterocycles. The number of rotatable bonds is 0. The molecule has 0 saturated heterocycles. The van der Waals surface area contributed by atoms with Gasteiger partial charge in [-0.1, -0.05) is 13.8 Å². The maximum atomic E-state index is 5.96. The van der Waals surface area contributed by atoms with Crippen LogP contribution in [0.3, 0.4) is 0 Å². The second-order valence-electron chi connectivity index (χ2n) is 18.8. The fraction of sp³-hybridized carbons (Fsp3) is 0.333. The van der Waals surface area contributed by atoms with Gasteiger partial charge in [-0.25, -0.2) is 0 Å². The standard InChI is InChI=1S/C11H16N2.C10H14N2.C9H12N2O2.2C8H10N2O2.C8H10N2/c1-11(2)6-5-7-8(12)3-4-9(13)10(7)11;11-9-5-6-10(12)8-4-2-1-3-7(8)9;10-6-2-3-7(11)9-8(6)12-4-1-5-13-9;1-4-11-7-5(9)2-3-6(10)8(7)12-4;9-5-1-2-6(10)8-7(5)11-3-4-12-8;9-7-3-4-8(10)6-2-1-5(6)7/h3-4H,5-6,12-13H2,1-2H3;5-6H,1-4,11-12H2;2-3H,1,4-5,10-11H2;2-4H,9-10H2,1H3;1-2H,3-4,9-10H2;3-4H,1-2,9-10H2. The molecule has 0 bridgehead atoms. The van der Waals surface area contributed by atoms with Gasteiger partial charge in [-0.2, -0.15) is 0 Å².